The van der Waals surface area contributed by atoms with Crippen LogP contribution in [0, 0.1) is 28.1 Å². The molecule has 3 saturated carbocycles. The van der Waals surface area contributed by atoms with Crippen molar-refractivity contribution in [3.8, 4) is 0 Å². The number of aliphatic hydroxyl groups excluding tert-OH is 2. The number of benzene rings is 1. The molecule has 5 aliphatic rings. The zero-order chi connectivity index (χ0) is 44.3. The van der Waals surface area contributed by atoms with Crippen LogP contribution < -0.4 is 5.32 Å². The number of hydrogen-bond donors (Lipinski definition) is 4. The molecule has 1 aromatic carbocycles. The molecule has 15 heteroatoms. The Bertz CT molecular complexity index is 1910. The molecule has 1 heterocycles. The van der Waals surface area contributed by atoms with E-state index in [4.69, 9.17) is 23.7 Å². The van der Waals surface area contributed by atoms with E-state index in [0.29, 0.717) is 12.8 Å². The van der Waals surface area contributed by atoms with Gasteiger partial charge in [-0.15, -0.1) is 0 Å². The molecule has 11 atom stereocenters. The van der Waals surface area contributed by atoms with Crippen molar-refractivity contribution in [1.29, 1.82) is 0 Å². The van der Waals surface area contributed by atoms with Gasteiger partial charge in [-0.25, -0.2) is 9.59 Å². The van der Waals surface area contributed by atoms with Gasteiger partial charge < -0.3 is 44.3 Å². The van der Waals surface area contributed by atoms with E-state index in [1.54, 1.807) is 59.7 Å². The number of carbonyl (C=O) groups is 6. The summed E-state index contributed by atoms with van der Waals surface area (Å²) in [4.78, 5) is 83.3. The van der Waals surface area contributed by atoms with E-state index in [0.717, 1.165) is 26.2 Å². The first-order valence-corrected chi connectivity index (χ1v) is 21.0. The highest BCUT2D eigenvalue weighted by Crippen LogP contribution is 2.64. The van der Waals surface area contributed by atoms with Crippen molar-refractivity contribution in [2.75, 3.05) is 6.61 Å². The van der Waals surface area contributed by atoms with Gasteiger partial charge in [0.1, 0.15) is 23.9 Å². The molecule has 4 N–H and O–H groups in total. The monoisotopic (exact) mass is 839 g/mol. The first-order chi connectivity index (χ1) is 27.9. The van der Waals surface area contributed by atoms with Gasteiger partial charge in [0, 0.05) is 37.5 Å². The summed E-state index contributed by atoms with van der Waals surface area (Å²) in [5.74, 6) is -6.63. The molecule has 0 aromatic heterocycles. The zero-order valence-electron chi connectivity index (χ0n) is 36.1. The minimum atomic E-state index is -2.35. The third-order valence-electron chi connectivity index (χ3n) is 14.2. The fourth-order valence-electron chi connectivity index (χ4n) is 10.7. The first kappa shape index (κ1) is 45.3. The average Bonchev–Trinajstić information content (AvgIpc) is 3.17. The Kier molecular flexibility index (Phi) is 12.3. The summed E-state index contributed by atoms with van der Waals surface area (Å²) < 4.78 is 30.4. The maximum Gasteiger partial charge on any atom is 0.338 e. The first-order valence-electron chi connectivity index (χ1n) is 21.0. The number of aliphatic hydroxyl groups is 3. The van der Waals surface area contributed by atoms with Gasteiger partial charge in [-0.2, -0.15) is 0 Å². The zero-order valence-corrected chi connectivity index (χ0v) is 36.1. The molecule has 1 aromatic rings. The average molecular weight is 840 g/mol. The molecule has 1 aliphatic heterocycles. The van der Waals surface area contributed by atoms with Crippen LogP contribution in [0.25, 0.3) is 0 Å². The Balaban J connectivity index is 1.54. The van der Waals surface area contributed by atoms with Gasteiger partial charge in [0.15, 0.2) is 23.6 Å². The largest absolute Gasteiger partial charge is 0.456 e. The molecule has 4 aliphatic carbocycles. The smallest absolute Gasteiger partial charge is 0.338 e. The standard InChI is InChI=1S/C45H61NO14/c1-23-28(58-39(53)33(50)32(26-16-12-10-13-17-26)46-40(54)41(4,5)6)21-45(55)37(59-38(52)27-18-14-11-15-19-27)35-43(9,29(49)20-30-44(35,22-56-30)60-25(3)48)36(51)34(57-24(2)47)31(23)42(45,7)8/h11,14-15,18-19,26,28-30,32-35,37,49-50,55H,10,12-13,16-17,20-22H2,1-9H3,(H,46,54)/t28-,29-,30+,32-,33+,34+,35-,37-,43+,44-,45+/m0/s1. The molecule has 15 nitrogen and oxygen atoms in total. The molecular weight excluding hydrogens is 778 g/mol. The minimum Gasteiger partial charge on any atom is -0.456 e. The Morgan fingerprint density at radius 2 is 1.57 bits per heavy atom. The predicted molar refractivity (Wildman–Crippen MR) is 213 cm³/mol. The van der Waals surface area contributed by atoms with Crippen molar-refractivity contribution in [2.24, 2.45) is 28.1 Å². The fraction of sp³-hybridized carbons (Fsp3) is 0.689. The third-order valence-corrected chi connectivity index (χ3v) is 14.2. The van der Waals surface area contributed by atoms with Gasteiger partial charge >= 0.3 is 23.9 Å². The Labute approximate surface area is 350 Å². The molecule has 0 radical (unpaired) electrons. The molecular formula is C45H61NO14. The lowest BCUT2D eigenvalue weighted by molar-refractivity contribution is -0.346. The maximum atomic E-state index is 15.5. The highest BCUT2D eigenvalue weighted by molar-refractivity contribution is 5.95. The Morgan fingerprint density at radius 3 is 2.12 bits per heavy atom. The lowest BCUT2D eigenvalue weighted by Gasteiger charge is -2.67. The van der Waals surface area contributed by atoms with Gasteiger partial charge in [0.25, 0.3) is 0 Å². The third kappa shape index (κ3) is 7.57. The van der Waals surface area contributed by atoms with Crippen molar-refractivity contribution in [3.05, 3.63) is 47.0 Å². The van der Waals surface area contributed by atoms with Crippen molar-refractivity contribution in [1.82, 2.24) is 5.32 Å². The number of esters is 4. The van der Waals surface area contributed by atoms with Gasteiger partial charge in [-0.1, -0.05) is 72.1 Å². The van der Waals surface area contributed by atoms with Crippen molar-refractivity contribution in [3.63, 3.8) is 0 Å². The number of amides is 1. The number of carbonyl (C=O) groups excluding carboxylic acids is 6. The van der Waals surface area contributed by atoms with Crippen LogP contribution >= 0.6 is 0 Å². The topological polar surface area (TPSA) is 221 Å². The maximum absolute atomic E-state index is 15.5. The van der Waals surface area contributed by atoms with E-state index < -0.39 is 112 Å². The second-order valence-corrected chi connectivity index (χ2v) is 19.3. The number of nitrogens with one attached hydrogen (secondary N) is 1. The van der Waals surface area contributed by atoms with Crippen LogP contribution in [0.15, 0.2) is 41.5 Å². The normalized spacial score (nSPS) is 34.8. The number of hydrogen-bond acceptors (Lipinski definition) is 14. The molecule has 1 saturated heterocycles. The summed E-state index contributed by atoms with van der Waals surface area (Å²) in [6.45, 7) is 13.3. The lowest BCUT2D eigenvalue weighted by atomic mass is 9.44. The summed E-state index contributed by atoms with van der Waals surface area (Å²) in [6.07, 6.45) is -6.10. The van der Waals surface area contributed by atoms with E-state index in [2.05, 4.69) is 5.32 Å². The number of ketones is 1. The van der Waals surface area contributed by atoms with Gasteiger partial charge in [0.05, 0.1) is 35.6 Å². The summed E-state index contributed by atoms with van der Waals surface area (Å²) >= 11 is 0. The van der Waals surface area contributed by atoms with E-state index in [-0.39, 0.29) is 41.6 Å². The number of fused-ring (bicyclic) bond motifs is 5. The van der Waals surface area contributed by atoms with Crippen LogP contribution in [-0.2, 0) is 47.7 Å². The molecule has 0 unspecified atom stereocenters. The van der Waals surface area contributed by atoms with E-state index in [9.17, 15) is 39.3 Å². The number of rotatable bonds is 9. The molecule has 0 spiro atoms. The van der Waals surface area contributed by atoms with Crippen molar-refractivity contribution in [2.45, 2.75) is 161 Å². The SMILES string of the molecule is CC(=O)O[C@H]1C(=O)[C@@]2(C)[C@H]([C@H](OC(=O)c3ccccc3)[C@]3(O)C[C@H](OC(=O)[C@H](O)[C@@H](NC(=O)C(C)(C)C)C4CCCCC4)C(C)=C1C3(C)C)[C@]1(OC(C)=O)CO[C@@H]1C[C@@H]2O. The molecule has 2 bridgehead atoms. The van der Waals surface area contributed by atoms with Crippen LogP contribution in [-0.4, -0.2) is 111 Å². The highest BCUT2D eigenvalue weighted by Gasteiger charge is 2.78. The van der Waals surface area contributed by atoms with Crippen molar-refractivity contribution < 1.29 is 67.8 Å². The Hall–Kier alpha value is -4.18. The molecule has 4 fully saturated rings. The molecule has 1 amide bonds. The fourth-order valence-corrected chi connectivity index (χ4v) is 10.7. The predicted octanol–water partition coefficient (Wildman–Crippen LogP) is 3.68. The van der Waals surface area contributed by atoms with E-state index >= 15 is 4.79 Å². The minimum absolute atomic E-state index is 0.0368. The molecule has 60 heavy (non-hydrogen) atoms. The lowest BCUT2D eigenvalue weighted by Crippen LogP contribution is -2.82. The summed E-state index contributed by atoms with van der Waals surface area (Å²) in [7, 11) is 0. The van der Waals surface area contributed by atoms with Crippen LogP contribution in [0.4, 0.5) is 0 Å². The van der Waals surface area contributed by atoms with E-state index in [1.165, 1.54) is 26.0 Å². The van der Waals surface area contributed by atoms with Gasteiger partial charge in [-0.3, -0.25) is 19.2 Å². The summed E-state index contributed by atoms with van der Waals surface area (Å²) in [6, 6.07) is 6.90. The summed E-state index contributed by atoms with van der Waals surface area (Å²) in [5.41, 5.74) is -8.24. The molecule has 6 rings (SSSR count). The van der Waals surface area contributed by atoms with E-state index in [1.807, 2.05) is 0 Å². The quantitative estimate of drug-likeness (QED) is 0.158. The van der Waals surface area contributed by atoms with Gasteiger partial charge in [-0.05, 0) is 55.9 Å². The summed E-state index contributed by atoms with van der Waals surface area (Å²) in [5, 5.41) is 40.4. The Morgan fingerprint density at radius 1 is 0.933 bits per heavy atom. The van der Waals surface area contributed by atoms with Crippen molar-refractivity contribution >= 4 is 35.6 Å². The van der Waals surface area contributed by atoms with Gasteiger partial charge in [0.2, 0.25) is 5.91 Å². The van der Waals surface area contributed by atoms with Crippen LogP contribution in [0.3, 0.4) is 0 Å². The van der Waals surface area contributed by atoms with Crippen LogP contribution in [0.2, 0.25) is 0 Å². The number of Topliss-reactive ketones (excluding diaryl/α,β-unsaturated/α-hetero) is 1. The van der Waals surface area contributed by atoms with Crippen LogP contribution in [0.5, 0.6) is 0 Å². The second-order valence-electron chi connectivity index (χ2n) is 19.3. The second kappa shape index (κ2) is 16.3. The van der Waals surface area contributed by atoms with Crippen LogP contribution in [0.1, 0.15) is 118 Å². The molecule has 330 valence electrons. The number of ether oxygens (including phenoxy) is 5. The highest BCUT2D eigenvalue weighted by atomic mass is 16.6.